The first kappa shape index (κ1) is 17.9. The van der Waals surface area contributed by atoms with E-state index < -0.39 is 5.82 Å². The summed E-state index contributed by atoms with van der Waals surface area (Å²) in [6.45, 7) is 5.67. The Morgan fingerprint density at radius 1 is 1.04 bits per heavy atom. The van der Waals surface area contributed by atoms with Crippen LogP contribution in [-0.4, -0.2) is 16.0 Å². The van der Waals surface area contributed by atoms with Crippen molar-refractivity contribution in [2.45, 2.75) is 20.8 Å². The Balaban J connectivity index is 1.84. The van der Waals surface area contributed by atoms with Gasteiger partial charge in [0.25, 0.3) is 11.6 Å². The molecule has 0 aliphatic carbocycles. The highest BCUT2D eigenvalue weighted by molar-refractivity contribution is 6.13. The maximum absolute atomic E-state index is 14.3. The number of carbonyl (C=O) groups is 1. The quantitative estimate of drug-likeness (QED) is 0.534. The number of nitrogens with one attached hydrogen (secondary N) is 1. The maximum atomic E-state index is 14.3. The normalized spacial score (nSPS) is 11.0. The van der Waals surface area contributed by atoms with Crippen LogP contribution in [0.2, 0.25) is 0 Å². The number of amides is 1. The fourth-order valence-electron chi connectivity index (χ4n) is 3.33. The summed E-state index contributed by atoms with van der Waals surface area (Å²) in [7, 11) is 0. The van der Waals surface area contributed by atoms with Gasteiger partial charge in [-0.1, -0.05) is 23.4 Å². The summed E-state index contributed by atoms with van der Waals surface area (Å²) >= 11 is 0. The SMILES string of the molecule is Cc1cc(C)cc(NC(=O)c2cc(-c3ccccc3F)nc3onc(C)c23)c1. The molecule has 0 fully saturated rings. The molecular formula is C22H18FN3O2. The molecule has 0 saturated carbocycles. The molecule has 0 aliphatic rings. The predicted molar refractivity (Wildman–Crippen MR) is 106 cm³/mol. The maximum Gasteiger partial charge on any atom is 0.259 e. The van der Waals surface area contributed by atoms with Crippen LogP contribution in [-0.2, 0) is 0 Å². The lowest BCUT2D eigenvalue weighted by Gasteiger charge is -2.10. The Morgan fingerprint density at radius 3 is 2.46 bits per heavy atom. The molecule has 0 spiro atoms. The van der Waals surface area contributed by atoms with E-state index in [1.807, 2.05) is 32.0 Å². The third-order valence-electron chi connectivity index (χ3n) is 4.49. The van der Waals surface area contributed by atoms with Crippen molar-refractivity contribution in [3.8, 4) is 11.3 Å². The van der Waals surface area contributed by atoms with Gasteiger partial charge >= 0.3 is 0 Å². The van der Waals surface area contributed by atoms with Crippen molar-refractivity contribution in [1.29, 1.82) is 0 Å². The summed E-state index contributed by atoms with van der Waals surface area (Å²) in [4.78, 5) is 17.4. The molecule has 2 aromatic carbocycles. The smallest absolute Gasteiger partial charge is 0.259 e. The Hall–Kier alpha value is -3.54. The van der Waals surface area contributed by atoms with Gasteiger partial charge in [0.1, 0.15) is 5.82 Å². The molecule has 5 nitrogen and oxygen atoms in total. The van der Waals surface area contributed by atoms with Crippen LogP contribution in [0.4, 0.5) is 10.1 Å². The molecular weight excluding hydrogens is 357 g/mol. The van der Waals surface area contributed by atoms with Gasteiger partial charge in [-0.05, 0) is 62.2 Å². The van der Waals surface area contributed by atoms with Crippen LogP contribution in [0.15, 0.2) is 53.1 Å². The molecule has 4 aromatic rings. The van der Waals surface area contributed by atoms with E-state index in [4.69, 9.17) is 4.52 Å². The Kier molecular flexibility index (Phi) is 4.39. The topological polar surface area (TPSA) is 68.0 Å². The van der Waals surface area contributed by atoms with Crippen molar-refractivity contribution in [3.05, 3.63) is 76.7 Å². The van der Waals surface area contributed by atoms with E-state index in [-0.39, 0.29) is 11.6 Å². The summed E-state index contributed by atoms with van der Waals surface area (Å²) in [5.74, 6) is -0.757. The zero-order chi connectivity index (χ0) is 19.8. The van der Waals surface area contributed by atoms with Crippen LogP contribution >= 0.6 is 0 Å². The minimum atomic E-state index is -0.425. The largest absolute Gasteiger partial charge is 0.335 e. The Bertz CT molecular complexity index is 1190. The highest BCUT2D eigenvalue weighted by Crippen LogP contribution is 2.29. The van der Waals surface area contributed by atoms with E-state index in [1.54, 1.807) is 31.2 Å². The van der Waals surface area contributed by atoms with Crippen LogP contribution in [0.5, 0.6) is 0 Å². The van der Waals surface area contributed by atoms with Crippen LogP contribution in [0.25, 0.3) is 22.4 Å². The lowest BCUT2D eigenvalue weighted by molar-refractivity contribution is 0.102. The molecule has 28 heavy (non-hydrogen) atoms. The van der Waals surface area contributed by atoms with Crippen molar-refractivity contribution in [1.82, 2.24) is 10.1 Å². The number of hydrogen-bond donors (Lipinski definition) is 1. The first-order chi connectivity index (χ1) is 13.4. The summed E-state index contributed by atoms with van der Waals surface area (Å²) in [5, 5.41) is 7.35. The van der Waals surface area contributed by atoms with E-state index in [0.29, 0.717) is 33.6 Å². The lowest BCUT2D eigenvalue weighted by atomic mass is 10.0. The molecule has 2 aromatic heterocycles. The fraction of sp³-hybridized carbons (Fsp3) is 0.136. The van der Waals surface area contributed by atoms with E-state index in [0.717, 1.165) is 11.1 Å². The number of hydrogen-bond acceptors (Lipinski definition) is 4. The number of pyridine rings is 1. The second-order valence-corrected chi connectivity index (χ2v) is 6.81. The van der Waals surface area contributed by atoms with Gasteiger partial charge in [0.05, 0.1) is 22.3 Å². The molecule has 4 rings (SSSR count). The molecule has 0 radical (unpaired) electrons. The minimum absolute atomic E-state index is 0.198. The van der Waals surface area contributed by atoms with E-state index >= 15 is 0 Å². The molecule has 1 amide bonds. The first-order valence-corrected chi connectivity index (χ1v) is 8.84. The molecule has 140 valence electrons. The van der Waals surface area contributed by atoms with Crippen molar-refractivity contribution in [2.75, 3.05) is 5.32 Å². The molecule has 0 atom stereocenters. The molecule has 0 unspecified atom stereocenters. The number of benzene rings is 2. The molecule has 0 saturated heterocycles. The molecule has 0 aliphatic heterocycles. The van der Waals surface area contributed by atoms with Crippen LogP contribution in [0, 0.1) is 26.6 Å². The van der Waals surface area contributed by atoms with Crippen molar-refractivity contribution in [3.63, 3.8) is 0 Å². The summed E-state index contributed by atoms with van der Waals surface area (Å²) in [6.07, 6.45) is 0. The third-order valence-corrected chi connectivity index (χ3v) is 4.49. The fourth-order valence-corrected chi connectivity index (χ4v) is 3.33. The predicted octanol–water partition coefficient (Wildman–Crippen LogP) is 5.21. The highest BCUT2D eigenvalue weighted by Gasteiger charge is 2.20. The number of aromatic nitrogens is 2. The number of halogens is 1. The zero-order valence-corrected chi connectivity index (χ0v) is 15.7. The highest BCUT2D eigenvalue weighted by atomic mass is 19.1. The van der Waals surface area contributed by atoms with Gasteiger partial charge in [0, 0.05) is 11.3 Å². The average Bonchev–Trinajstić information content (AvgIpc) is 3.01. The van der Waals surface area contributed by atoms with E-state index in [9.17, 15) is 9.18 Å². The van der Waals surface area contributed by atoms with Gasteiger partial charge in [-0.3, -0.25) is 4.79 Å². The van der Waals surface area contributed by atoms with Crippen molar-refractivity contribution < 1.29 is 13.7 Å². The molecule has 0 bridgehead atoms. The summed E-state index contributed by atoms with van der Waals surface area (Å²) in [6, 6.07) is 13.7. The van der Waals surface area contributed by atoms with Gasteiger partial charge in [-0.2, -0.15) is 0 Å². The van der Waals surface area contributed by atoms with E-state index in [1.165, 1.54) is 6.07 Å². The van der Waals surface area contributed by atoms with Gasteiger partial charge in [0.2, 0.25) is 0 Å². The van der Waals surface area contributed by atoms with E-state index in [2.05, 4.69) is 15.5 Å². The van der Waals surface area contributed by atoms with Crippen LogP contribution in [0.1, 0.15) is 27.2 Å². The monoisotopic (exact) mass is 375 g/mol. The third kappa shape index (κ3) is 3.24. The Morgan fingerprint density at radius 2 is 1.75 bits per heavy atom. The van der Waals surface area contributed by atoms with Gasteiger partial charge < -0.3 is 9.84 Å². The number of anilines is 1. The number of fused-ring (bicyclic) bond motifs is 1. The van der Waals surface area contributed by atoms with Gasteiger partial charge in [0.15, 0.2) is 0 Å². The molecule has 6 heteroatoms. The second kappa shape index (κ2) is 6.88. The number of rotatable bonds is 3. The minimum Gasteiger partial charge on any atom is -0.335 e. The van der Waals surface area contributed by atoms with Crippen molar-refractivity contribution >= 4 is 22.7 Å². The second-order valence-electron chi connectivity index (χ2n) is 6.81. The number of carbonyl (C=O) groups excluding carboxylic acids is 1. The van der Waals surface area contributed by atoms with Crippen molar-refractivity contribution in [2.24, 2.45) is 0 Å². The standard InChI is InChI=1S/C22H18FN3O2/c1-12-8-13(2)10-15(9-12)24-21(27)17-11-19(16-6-4-5-7-18(16)23)25-22-20(17)14(3)26-28-22/h4-11H,1-3H3,(H,24,27). The lowest BCUT2D eigenvalue weighted by Crippen LogP contribution is -2.13. The zero-order valence-electron chi connectivity index (χ0n) is 15.7. The average molecular weight is 375 g/mol. The number of nitrogens with zero attached hydrogens (tertiary/aromatic N) is 2. The summed E-state index contributed by atoms with van der Waals surface area (Å²) < 4.78 is 19.5. The van der Waals surface area contributed by atoms with Crippen LogP contribution < -0.4 is 5.32 Å². The van der Waals surface area contributed by atoms with Gasteiger partial charge in [-0.15, -0.1) is 0 Å². The van der Waals surface area contributed by atoms with Gasteiger partial charge in [-0.25, -0.2) is 9.37 Å². The number of aryl methyl sites for hydroxylation is 3. The summed E-state index contributed by atoms with van der Waals surface area (Å²) in [5.41, 5.74) is 4.46. The van der Waals surface area contributed by atoms with Crippen LogP contribution in [0.3, 0.4) is 0 Å². The first-order valence-electron chi connectivity index (χ1n) is 8.84. The molecule has 1 N–H and O–H groups in total. The molecule has 2 heterocycles. The Labute approximate surface area is 161 Å².